The van der Waals surface area contributed by atoms with Crippen molar-refractivity contribution < 1.29 is 23.9 Å². The van der Waals surface area contributed by atoms with Crippen LogP contribution < -0.4 is 0 Å². The quantitative estimate of drug-likeness (QED) is 0.272. The number of carbonyl (C=O) groups excluding carboxylic acids is 3. The summed E-state index contributed by atoms with van der Waals surface area (Å²) in [6.07, 6.45) is 12.5. The Hall–Kier alpha value is -1.65. The number of ketones is 1. The molecule has 10 atom stereocenters. The molecule has 5 nitrogen and oxygen atoms in total. The van der Waals surface area contributed by atoms with E-state index in [2.05, 4.69) is 26.8 Å². The van der Waals surface area contributed by atoms with Gasteiger partial charge in [0.15, 0.2) is 5.78 Å². The Bertz CT molecular complexity index is 922. The first-order chi connectivity index (χ1) is 17.5. The summed E-state index contributed by atoms with van der Waals surface area (Å²) >= 11 is 0. The van der Waals surface area contributed by atoms with E-state index in [1.54, 1.807) is 0 Å². The first kappa shape index (κ1) is 28.4. The monoisotopic (exact) mass is 514 g/mol. The molecule has 4 saturated carbocycles. The van der Waals surface area contributed by atoms with E-state index in [0.717, 1.165) is 56.9 Å². The third kappa shape index (κ3) is 4.93. The lowest BCUT2D eigenvalue weighted by Crippen LogP contribution is -2.58. The summed E-state index contributed by atoms with van der Waals surface area (Å²) in [5.41, 5.74) is 1.32. The minimum atomic E-state index is -0.213. The average molecular weight is 515 g/mol. The van der Waals surface area contributed by atoms with Gasteiger partial charge in [0.2, 0.25) is 0 Å². The van der Waals surface area contributed by atoms with Crippen LogP contribution in [0.1, 0.15) is 106 Å². The van der Waals surface area contributed by atoms with Crippen molar-refractivity contribution in [2.45, 2.75) is 112 Å². The number of carbonyl (C=O) groups is 3. The van der Waals surface area contributed by atoms with Gasteiger partial charge in [-0.15, -0.1) is 0 Å². The maximum atomic E-state index is 14.2. The second kappa shape index (κ2) is 10.8. The predicted molar refractivity (Wildman–Crippen MR) is 144 cm³/mol. The van der Waals surface area contributed by atoms with Crippen LogP contribution in [0.4, 0.5) is 0 Å². The third-order valence-corrected chi connectivity index (χ3v) is 11.7. The minimum Gasteiger partial charge on any atom is -0.469 e. The molecule has 5 heteroatoms. The molecule has 0 saturated heterocycles. The van der Waals surface area contributed by atoms with Gasteiger partial charge < -0.3 is 9.47 Å². The molecule has 208 valence electrons. The molecule has 4 fully saturated rings. The Balaban J connectivity index is 1.50. The first-order valence-corrected chi connectivity index (χ1v) is 14.9. The van der Waals surface area contributed by atoms with Crippen molar-refractivity contribution in [1.29, 1.82) is 0 Å². The molecule has 1 unspecified atom stereocenters. The van der Waals surface area contributed by atoms with E-state index < -0.39 is 0 Å². The lowest BCUT2D eigenvalue weighted by molar-refractivity contribution is -0.160. The van der Waals surface area contributed by atoms with Crippen LogP contribution in [0.5, 0.6) is 0 Å². The van der Waals surface area contributed by atoms with E-state index in [9.17, 15) is 14.4 Å². The largest absolute Gasteiger partial charge is 0.469 e. The van der Waals surface area contributed by atoms with Crippen LogP contribution in [0.25, 0.3) is 0 Å². The fourth-order valence-corrected chi connectivity index (χ4v) is 9.76. The van der Waals surface area contributed by atoms with Crippen LogP contribution in [-0.2, 0) is 23.9 Å². The molecular formula is C32H50O5. The number of Topliss-reactive ketones (excluding diaryl/α,β-unsaturated/α-hetero) is 1. The van der Waals surface area contributed by atoms with Crippen LogP contribution in [0.3, 0.4) is 0 Å². The topological polar surface area (TPSA) is 69.7 Å². The van der Waals surface area contributed by atoms with E-state index in [1.807, 2.05) is 13.8 Å². The van der Waals surface area contributed by atoms with Gasteiger partial charge in [-0.2, -0.15) is 0 Å². The Labute approximate surface area is 224 Å². The number of ether oxygens (including phenoxy) is 2. The van der Waals surface area contributed by atoms with Gasteiger partial charge in [0.1, 0.15) is 6.10 Å². The molecule has 0 aromatic carbocycles. The van der Waals surface area contributed by atoms with E-state index in [1.165, 1.54) is 26.9 Å². The summed E-state index contributed by atoms with van der Waals surface area (Å²) in [5, 5.41) is 0. The van der Waals surface area contributed by atoms with Gasteiger partial charge >= 0.3 is 11.9 Å². The van der Waals surface area contributed by atoms with Crippen molar-refractivity contribution in [3.63, 3.8) is 0 Å². The predicted octanol–water partition coefficient (Wildman–Crippen LogP) is 6.93. The second-order valence-electron chi connectivity index (χ2n) is 13.5. The molecule has 4 aliphatic rings. The molecule has 0 bridgehead atoms. The standard InChI is InChI=1S/C32H50O5/c1-8-23-27-18-22(37-21(4)33)14-16-32(27,6)26-15-17-31(5)24(12-13-25(31)28(26)29(23)34)19(2)10-9-11-20(3)30(35)36-7/h8,19-20,22,24-28H,9-18H2,1-7H3/t19-,20?,22-,24-,25+,26+,27+,28+,31-,32-/m1/s1. The zero-order valence-electron chi connectivity index (χ0n) is 24.3. The van der Waals surface area contributed by atoms with E-state index >= 15 is 0 Å². The normalized spacial score (nSPS) is 41.8. The lowest BCUT2D eigenvalue weighted by atomic mass is 9.43. The van der Waals surface area contributed by atoms with Gasteiger partial charge in [-0.3, -0.25) is 14.4 Å². The highest BCUT2D eigenvalue weighted by Gasteiger charge is 2.64. The molecule has 0 aromatic heterocycles. The number of esters is 2. The van der Waals surface area contributed by atoms with Crippen LogP contribution in [-0.4, -0.2) is 30.9 Å². The highest BCUT2D eigenvalue weighted by molar-refractivity contribution is 5.99. The van der Waals surface area contributed by atoms with E-state index in [0.29, 0.717) is 29.5 Å². The summed E-state index contributed by atoms with van der Waals surface area (Å²) in [5.74, 6) is 2.49. The lowest BCUT2D eigenvalue weighted by Gasteiger charge is -2.61. The summed E-state index contributed by atoms with van der Waals surface area (Å²) in [6, 6.07) is 0. The number of hydrogen-bond acceptors (Lipinski definition) is 5. The van der Waals surface area contributed by atoms with Crippen molar-refractivity contribution in [1.82, 2.24) is 0 Å². The molecule has 0 spiro atoms. The summed E-state index contributed by atoms with van der Waals surface area (Å²) in [7, 11) is 1.47. The molecule has 0 heterocycles. The van der Waals surface area contributed by atoms with Crippen LogP contribution in [0.2, 0.25) is 0 Å². The van der Waals surface area contributed by atoms with E-state index in [4.69, 9.17) is 9.47 Å². The van der Waals surface area contributed by atoms with Gasteiger partial charge in [-0.1, -0.05) is 46.6 Å². The summed E-state index contributed by atoms with van der Waals surface area (Å²) in [4.78, 5) is 37.7. The highest BCUT2D eigenvalue weighted by atomic mass is 16.5. The molecular weight excluding hydrogens is 464 g/mol. The minimum absolute atomic E-state index is 0.0386. The summed E-state index contributed by atoms with van der Waals surface area (Å²) in [6.45, 7) is 12.8. The van der Waals surface area contributed by atoms with Gasteiger partial charge in [-0.25, -0.2) is 0 Å². The highest BCUT2D eigenvalue weighted by Crippen LogP contribution is 2.68. The molecule has 0 amide bonds. The fraction of sp³-hybridized carbons (Fsp3) is 0.844. The van der Waals surface area contributed by atoms with Crippen molar-refractivity contribution in [2.75, 3.05) is 7.11 Å². The van der Waals surface area contributed by atoms with Gasteiger partial charge in [0.05, 0.1) is 13.0 Å². The number of rotatable bonds is 7. The Morgan fingerprint density at radius 2 is 1.70 bits per heavy atom. The molecule has 0 radical (unpaired) electrons. The molecule has 4 aliphatic carbocycles. The van der Waals surface area contributed by atoms with Crippen molar-refractivity contribution in [2.24, 2.45) is 52.3 Å². The zero-order chi connectivity index (χ0) is 27.1. The molecule has 4 rings (SSSR count). The molecule has 0 aromatic rings. The number of fused-ring (bicyclic) bond motifs is 5. The molecule has 0 N–H and O–H groups in total. The van der Waals surface area contributed by atoms with Crippen LogP contribution in [0, 0.1) is 52.3 Å². The maximum Gasteiger partial charge on any atom is 0.308 e. The van der Waals surface area contributed by atoms with E-state index in [-0.39, 0.29) is 46.6 Å². The summed E-state index contributed by atoms with van der Waals surface area (Å²) < 4.78 is 10.5. The second-order valence-corrected chi connectivity index (χ2v) is 13.5. The first-order valence-electron chi connectivity index (χ1n) is 14.9. The van der Waals surface area contributed by atoms with Crippen LogP contribution in [0.15, 0.2) is 11.6 Å². The number of methoxy groups -OCH3 is 1. The average Bonchev–Trinajstić information content (AvgIpc) is 3.21. The van der Waals surface area contributed by atoms with Crippen molar-refractivity contribution in [3.05, 3.63) is 11.6 Å². The van der Waals surface area contributed by atoms with Crippen LogP contribution >= 0.6 is 0 Å². The maximum absolute atomic E-state index is 14.2. The Morgan fingerprint density at radius 3 is 2.35 bits per heavy atom. The van der Waals surface area contributed by atoms with Gasteiger partial charge in [0.25, 0.3) is 0 Å². The SMILES string of the molecule is CC=C1C(=O)[C@@H]2[C@H](CC[C@]3(C)[C@@H]([C@H](C)CCCC(C)C(=O)OC)CC[C@@H]23)[C@@]2(C)CC[C@@H](OC(C)=O)C[C@@H]12. The fourth-order valence-electron chi connectivity index (χ4n) is 9.76. The Kier molecular flexibility index (Phi) is 8.31. The third-order valence-electron chi connectivity index (χ3n) is 11.7. The molecule has 0 aliphatic heterocycles. The number of hydrogen-bond donors (Lipinski definition) is 0. The smallest absolute Gasteiger partial charge is 0.308 e. The molecule has 37 heavy (non-hydrogen) atoms. The zero-order valence-corrected chi connectivity index (χ0v) is 24.3. The Morgan fingerprint density at radius 1 is 1.03 bits per heavy atom. The van der Waals surface area contributed by atoms with Crippen molar-refractivity contribution >= 4 is 17.7 Å². The number of allylic oxidation sites excluding steroid dienone is 2. The van der Waals surface area contributed by atoms with Crippen molar-refractivity contribution in [3.8, 4) is 0 Å². The van der Waals surface area contributed by atoms with Gasteiger partial charge in [0, 0.05) is 12.8 Å². The van der Waals surface area contributed by atoms with Gasteiger partial charge in [-0.05, 0) is 104 Å².